The highest BCUT2D eigenvalue weighted by Crippen LogP contribution is 2.26. The Morgan fingerprint density at radius 3 is 2.44 bits per heavy atom. The van der Waals surface area contributed by atoms with Gasteiger partial charge in [-0.25, -0.2) is 13.1 Å². The van der Waals surface area contributed by atoms with Gasteiger partial charge in [0.25, 0.3) is 0 Å². The molecule has 1 aliphatic heterocycles. The summed E-state index contributed by atoms with van der Waals surface area (Å²) in [6.07, 6.45) is 0. The molecule has 1 saturated heterocycles. The number of anilines is 2. The zero-order chi connectivity index (χ0) is 19.3. The Morgan fingerprint density at radius 1 is 1.07 bits per heavy atom. The van der Waals surface area contributed by atoms with Gasteiger partial charge in [0, 0.05) is 13.1 Å². The molecule has 3 rings (SSSR count). The molecule has 1 amide bonds. The Hall–Kier alpha value is -2.42. The van der Waals surface area contributed by atoms with E-state index in [1.807, 2.05) is 25.1 Å². The second-order valence-corrected chi connectivity index (χ2v) is 8.07. The summed E-state index contributed by atoms with van der Waals surface area (Å²) in [6.45, 7) is 4.30. The van der Waals surface area contributed by atoms with Gasteiger partial charge in [-0.15, -0.1) is 0 Å². The second kappa shape index (κ2) is 8.51. The average molecular weight is 389 g/mol. The monoisotopic (exact) mass is 389 g/mol. The molecule has 7 nitrogen and oxygen atoms in total. The molecule has 0 saturated carbocycles. The van der Waals surface area contributed by atoms with Gasteiger partial charge in [-0.2, -0.15) is 0 Å². The number of hydrogen-bond acceptors (Lipinski definition) is 5. The molecule has 0 spiro atoms. The van der Waals surface area contributed by atoms with Crippen molar-refractivity contribution in [1.82, 2.24) is 4.72 Å². The molecule has 1 heterocycles. The van der Waals surface area contributed by atoms with Crippen molar-refractivity contribution in [3.05, 3.63) is 54.1 Å². The Kier molecular flexibility index (Phi) is 6.10. The maximum Gasteiger partial charge on any atom is 0.241 e. The molecule has 0 bridgehead atoms. The van der Waals surface area contributed by atoms with Crippen LogP contribution in [0.1, 0.15) is 5.56 Å². The van der Waals surface area contributed by atoms with Crippen molar-refractivity contribution in [3.63, 3.8) is 0 Å². The molecular formula is C19H23N3O4S. The maximum absolute atomic E-state index is 12.3. The van der Waals surface area contributed by atoms with Gasteiger partial charge in [-0.3, -0.25) is 4.79 Å². The van der Waals surface area contributed by atoms with Crippen molar-refractivity contribution in [2.24, 2.45) is 0 Å². The molecule has 0 aliphatic carbocycles. The van der Waals surface area contributed by atoms with Crippen LogP contribution in [0.5, 0.6) is 0 Å². The van der Waals surface area contributed by atoms with E-state index < -0.39 is 15.9 Å². The number of hydrogen-bond donors (Lipinski definition) is 2. The molecule has 8 heteroatoms. The van der Waals surface area contributed by atoms with Crippen LogP contribution in [-0.4, -0.2) is 47.2 Å². The van der Waals surface area contributed by atoms with Crippen molar-refractivity contribution < 1.29 is 17.9 Å². The van der Waals surface area contributed by atoms with Gasteiger partial charge >= 0.3 is 0 Å². The van der Waals surface area contributed by atoms with Gasteiger partial charge in [-0.05, 0) is 31.2 Å². The summed E-state index contributed by atoms with van der Waals surface area (Å²) in [5, 5.41) is 2.79. The van der Waals surface area contributed by atoms with Crippen LogP contribution in [0.25, 0.3) is 0 Å². The van der Waals surface area contributed by atoms with E-state index in [1.165, 1.54) is 12.1 Å². The van der Waals surface area contributed by atoms with E-state index in [1.54, 1.807) is 18.2 Å². The van der Waals surface area contributed by atoms with Crippen LogP contribution in [0.3, 0.4) is 0 Å². The first kappa shape index (κ1) is 19.3. The first-order valence-electron chi connectivity index (χ1n) is 8.73. The fourth-order valence-corrected chi connectivity index (χ4v) is 3.80. The number of nitrogens with one attached hydrogen (secondary N) is 2. The van der Waals surface area contributed by atoms with Crippen molar-refractivity contribution in [1.29, 1.82) is 0 Å². The summed E-state index contributed by atoms with van der Waals surface area (Å²) >= 11 is 0. The maximum atomic E-state index is 12.3. The minimum absolute atomic E-state index is 0.134. The first-order chi connectivity index (χ1) is 13.0. The molecule has 144 valence electrons. The standard InChI is InChI=1S/C19H23N3O4S/c1-15-6-8-16(9-7-15)27(24,25)20-14-19(23)21-17-4-2-3-5-18(17)22-10-12-26-13-11-22/h2-9,20H,10-14H2,1H3,(H,21,23). The molecule has 1 aliphatic rings. The summed E-state index contributed by atoms with van der Waals surface area (Å²) < 4.78 is 32.3. The molecule has 27 heavy (non-hydrogen) atoms. The summed E-state index contributed by atoms with van der Waals surface area (Å²) in [5.74, 6) is -0.425. The van der Waals surface area contributed by atoms with E-state index in [0.717, 1.165) is 24.3 Å². The summed E-state index contributed by atoms with van der Waals surface area (Å²) in [6, 6.07) is 13.9. The predicted octanol–water partition coefficient (Wildman–Crippen LogP) is 1.75. The number of aryl methyl sites for hydroxylation is 1. The van der Waals surface area contributed by atoms with Gasteiger partial charge in [0.2, 0.25) is 15.9 Å². The lowest BCUT2D eigenvalue weighted by Crippen LogP contribution is -2.37. The normalized spacial score (nSPS) is 14.8. The topological polar surface area (TPSA) is 87.7 Å². The molecule has 2 aromatic rings. The van der Waals surface area contributed by atoms with Crippen molar-refractivity contribution in [3.8, 4) is 0 Å². The third-order valence-corrected chi connectivity index (χ3v) is 5.70. The Balaban J connectivity index is 1.63. The zero-order valence-electron chi connectivity index (χ0n) is 15.1. The number of benzene rings is 2. The minimum atomic E-state index is -3.73. The van der Waals surface area contributed by atoms with E-state index >= 15 is 0 Å². The molecule has 0 unspecified atom stereocenters. The van der Waals surface area contributed by atoms with Crippen LogP contribution in [0.15, 0.2) is 53.4 Å². The summed E-state index contributed by atoms with van der Waals surface area (Å²) in [7, 11) is -3.73. The molecule has 1 fully saturated rings. The Bertz CT molecular complexity index is 891. The van der Waals surface area contributed by atoms with E-state index in [9.17, 15) is 13.2 Å². The Labute approximate surface area is 159 Å². The minimum Gasteiger partial charge on any atom is -0.378 e. The lowest BCUT2D eigenvalue weighted by molar-refractivity contribution is -0.115. The molecule has 0 atom stereocenters. The lowest BCUT2D eigenvalue weighted by atomic mass is 10.2. The molecule has 2 N–H and O–H groups in total. The highest BCUT2D eigenvalue weighted by molar-refractivity contribution is 7.89. The third kappa shape index (κ3) is 5.06. The van der Waals surface area contributed by atoms with E-state index in [4.69, 9.17) is 4.74 Å². The SMILES string of the molecule is Cc1ccc(S(=O)(=O)NCC(=O)Nc2ccccc2N2CCOCC2)cc1. The van der Waals surface area contributed by atoms with Crippen LogP contribution < -0.4 is 14.9 Å². The molecule has 0 aromatic heterocycles. The van der Waals surface area contributed by atoms with Gasteiger partial charge in [0.1, 0.15) is 0 Å². The lowest BCUT2D eigenvalue weighted by Gasteiger charge is -2.30. The fraction of sp³-hybridized carbons (Fsp3) is 0.316. The van der Waals surface area contributed by atoms with Crippen molar-refractivity contribution in [2.75, 3.05) is 43.1 Å². The van der Waals surface area contributed by atoms with Crippen LogP contribution in [0, 0.1) is 6.92 Å². The highest BCUT2D eigenvalue weighted by atomic mass is 32.2. The number of rotatable bonds is 6. The predicted molar refractivity (Wildman–Crippen MR) is 104 cm³/mol. The van der Waals surface area contributed by atoms with Crippen LogP contribution >= 0.6 is 0 Å². The second-order valence-electron chi connectivity index (χ2n) is 6.30. The van der Waals surface area contributed by atoms with Crippen LogP contribution in [-0.2, 0) is 19.6 Å². The number of sulfonamides is 1. The first-order valence-corrected chi connectivity index (χ1v) is 10.2. The average Bonchev–Trinajstić information content (AvgIpc) is 2.68. The van der Waals surface area contributed by atoms with Gasteiger partial charge < -0.3 is 15.0 Å². The van der Waals surface area contributed by atoms with E-state index in [2.05, 4.69) is 14.9 Å². The third-order valence-electron chi connectivity index (χ3n) is 4.28. The number of morpholine rings is 1. The van der Waals surface area contributed by atoms with Gasteiger partial charge in [0.15, 0.2) is 0 Å². The molecule has 0 radical (unpaired) electrons. The number of nitrogens with zero attached hydrogens (tertiary/aromatic N) is 1. The Morgan fingerprint density at radius 2 is 1.74 bits per heavy atom. The zero-order valence-corrected chi connectivity index (χ0v) is 16.0. The van der Waals surface area contributed by atoms with Gasteiger partial charge in [-0.1, -0.05) is 29.8 Å². The largest absolute Gasteiger partial charge is 0.378 e. The number of amides is 1. The number of ether oxygens (including phenoxy) is 1. The van der Waals surface area contributed by atoms with Crippen molar-refractivity contribution >= 4 is 27.3 Å². The molecule has 2 aromatic carbocycles. The fourth-order valence-electron chi connectivity index (χ4n) is 2.82. The molecular weight excluding hydrogens is 366 g/mol. The van der Waals surface area contributed by atoms with E-state index in [0.29, 0.717) is 18.9 Å². The van der Waals surface area contributed by atoms with Gasteiger partial charge in [0.05, 0.1) is 36.0 Å². The van der Waals surface area contributed by atoms with Crippen LogP contribution in [0.2, 0.25) is 0 Å². The highest BCUT2D eigenvalue weighted by Gasteiger charge is 2.18. The van der Waals surface area contributed by atoms with Crippen molar-refractivity contribution in [2.45, 2.75) is 11.8 Å². The van der Waals surface area contributed by atoms with Crippen LogP contribution in [0.4, 0.5) is 11.4 Å². The summed E-state index contributed by atoms with van der Waals surface area (Å²) in [4.78, 5) is 14.6. The smallest absolute Gasteiger partial charge is 0.241 e. The number of para-hydroxylation sites is 2. The quantitative estimate of drug-likeness (QED) is 0.786. The summed E-state index contributed by atoms with van der Waals surface area (Å²) in [5.41, 5.74) is 2.51. The van der Waals surface area contributed by atoms with E-state index in [-0.39, 0.29) is 11.4 Å². The number of carbonyl (C=O) groups is 1. The number of carbonyl (C=O) groups excluding carboxylic acids is 1.